The van der Waals surface area contributed by atoms with Gasteiger partial charge >= 0.3 is 39.5 Å². The van der Waals surface area contributed by atoms with E-state index in [1.165, 1.54) is 180 Å². The molecule has 17 nitrogen and oxygen atoms in total. The topological polar surface area (TPSA) is 237 Å². The first kappa shape index (κ1) is 89.1. The van der Waals surface area contributed by atoms with Crippen LogP contribution in [0.3, 0.4) is 0 Å². The Labute approximate surface area is 556 Å². The minimum Gasteiger partial charge on any atom is -0.462 e. The molecule has 0 saturated carbocycles. The fraction of sp³-hybridized carbons (Fsp3) is 0.944. The van der Waals surface area contributed by atoms with Crippen LogP contribution in [0.1, 0.15) is 369 Å². The van der Waals surface area contributed by atoms with Crippen molar-refractivity contribution >= 4 is 39.5 Å². The van der Waals surface area contributed by atoms with E-state index in [9.17, 15) is 43.2 Å². The average molecular weight is 1340 g/mol. The molecule has 19 heteroatoms. The molecule has 0 bridgehead atoms. The van der Waals surface area contributed by atoms with Crippen LogP contribution in [0, 0.1) is 11.8 Å². The SMILES string of the molecule is CCCCCCCCCCCCCCCCCCCCC(=O)O[C@H](COC(=O)CCCCCCCCCCC(C)CC)COP(=O)(O)OC[C@@H](O)COP(=O)(O)OC[C@@H](COC(=O)CCCCCCCCC(C)C)OC(=O)CCCCCCCCCCCCCC. The van der Waals surface area contributed by atoms with Gasteiger partial charge in [0.2, 0.25) is 0 Å². The molecule has 0 radical (unpaired) electrons. The molecular formula is C72H140O17P2. The van der Waals surface area contributed by atoms with Gasteiger partial charge in [0, 0.05) is 25.7 Å². The first-order valence-electron chi connectivity index (χ1n) is 37.5. The number of aliphatic hydroxyl groups excluding tert-OH is 1. The van der Waals surface area contributed by atoms with Crippen molar-refractivity contribution in [3.8, 4) is 0 Å². The Morgan fingerprint density at radius 2 is 0.560 bits per heavy atom. The monoisotopic (exact) mass is 1340 g/mol. The van der Waals surface area contributed by atoms with E-state index in [0.717, 1.165) is 102 Å². The molecule has 0 amide bonds. The summed E-state index contributed by atoms with van der Waals surface area (Å²) in [5.41, 5.74) is 0. The lowest BCUT2D eigenvalue weighted by Crippen LogP contribution is -2.30. The molecule has 6 atom stereocenters. The first-order valence-corrected chi connectivity index (χ1v) is 40.5. The standard InChI is InChI=1S/C72H140O17P2/c1-7-10-12-14-16-18-20-22-23-24-25-26-27-29-31-37-45-51-57-72(77)88-67(60-82-69(74)54-48-42-35-33-32-34-41-47-53-65(6)9-3)62-86-90(78,79)84-58-66(73)59-85-91(80,81)87-63-68(61-83-70(75)55-49-43-39-38-40-46-52-64(4)5)89-71(76)56-50-44-36-30-28-21-19-17-15-13-11-8-2/h64-68,73H,7-63H2,1-6H3,(H,78,79)(H,80,81)/t65?,66-,67-,68-/m1/s1. The quantitative estimate of drug-likeness (QED) is 0.0222. The van der Waals surface area contributed by atoms with Crippen molar-refractivity contribution in [1.82, 2.24) is 0 Å². The van der Waals surface area contributed by atoms with E-state index in [0.29, 0.717) is 31.6 Å². The van der Waals surface area contributed by atoms with Crippen LogP contribution in [0.15, 0.2) is 0 Å². The summed E-state index contributed by atoms with van der Waals surface area (Å²) in [6.07, 6.45) is 50.0. The van der Waals surface area contributed by atoms with Crippen molar-refractivity contribution in [3.05, 3.63) is 0 Å². The van der Waals surface area contributed by atoms with E-state index in [2.05, 4.69) is 41.5 Å². The molecule has 91 heavy (non-hydrogen) atoms. The minimum absolute atomic E-state index is 0.106. The second kappa shape index (κ2) is 64.1. The second-order valence-electron chi connectivity index (χ2n) is 26.7. The van der Waals surface area contributed by atoms with Gasteiger partial charge in [0.1, 0.15) is 19.3 Å². The van der Waals surface area contributed by atoms with Gasteiger partial charge in [0.25, 0.3) is 0 Å². The second-order valence-corrected chi connectivity index (χ2v) is 29.6. The molecule has 3 unspecified atom stereocenters. The summed E-state index contributed by atoms with van der Waals surface area (Å²) >= 11 is 0. The highest BCUT2D eigenvalue weighted by atomic mass is 31.2. The molecule has 0 aliphatic rings. The van der Waals surface area contributed by atoms with Crippen molar-refractivity contribution in [3.63, 3.8) is 0 Å². The van der Waals surface area contributed by atoms with E-state index >= 15 is 0 Å². The molecule has 0 fully saturated rings. The van der Waals surface area contributed by atoms with Gasteiger partial charge in [0.05, 0.1) is 26.4 Å². The maximum atomic E-state index is 13.0. The third-order valence-electron chi connectivity index (χ3n) is 17.1. The number of hydrogen-bond donors (Lipinski definition) is 3. The Kier molecular flexibility index (Phi) is 62.7. The first-order chi connectivity index (χ1) is 43.9. The van der Waals surface area contributed by atoms with Crippen LogP contribution in [0.25, 0.3) is 0 Å². The molecule has 0 aromatic rings. The van der Waals surface area contributed by atoms with Gasteiger partial charge in [-0.1, -0.05) is 318 Å². The fourth-order valence-electron chi connectivity index (χ4n) is 10.9. The summed E-state index contributed by atoms with van der Waals surface area (Å²) in [4.78, 5) is 72.6. The number of ether oxygens (including phenoxy) is 4. The Morgan fingerprint density at radius 3 is 0.835 bits per heavy atom. The maximum Gasteiger partial charge on any atom is 0.472 e. The smallest absolute Gasteiger partial charge is 0.462 e. The van der Waals surface area contributed by atoms with Crippen LogP contribution in [-0.4, -0.2) is 96.7 Å². The number of aliphatic hydroxyl groups is 1. The van der Waals surface area contributed by atoms with E-state index < -0.39 is 97.5 Å². The van der Waals surface area contributed by atoms with Crippen molar-refractivity contribution in [2.45, 2.75) is 387 Å². The van der Waals surface area contributed by atoms with Crippen LogP contribution in [0.2, 0.25) is 0 Å². The number of esters is 4. The van der Waals surface area contributed by atoms with Crippen LogP contribution in [0.5, 0.6) is 0 Å². The number of hydrogen-bond acceptors (Lipinski definition) is 15. The van der Waals surface area contributed by atoms with E-state index in [4.69, 9.17) is 37.0 Å². The fourth-order valence-corrected chi connectivity index (χ4v) is 12.5. The molecule has 0 rings (SSSR count). The largest absolute Gasteiger partial charge is 0.472 e. The zero-order valence-electron chi connectivity index (χ0n) is 59.1. The highest BCUT2D eigenvalue weighted by Crippen LogP contribution is 2.45. The molecule has 0 heterocycles. The normalized spacial score (nSPS) is 14.4. The average Bonchev–Trinajstić information content (AvgIpc) is 3.63. The molecule has 0 aromatic heterocycles. The zero-order chi connectivity index (χ0) is 67.2. The Balaban J connectivity index is 5.22. The number of carbonyl (C=O) groups excluding carboxylic acids is 4. The molecule has 0 aliphatic carbocycles. The molecule has 0 aromatic carbocycles. The number of carbonyl (C=O) groups is 4. The highest BCUT2D eigenvalue weighted by Gasteiger charge is 2.30. The lowest BCUT2D eigenvalue weighted by molar-refractivity contribution is -0.161. The lowest BCUT2D eigenvalue weighted by Gasteiger charge is -2.21. The van der Waals surface area contributed by atoms with Crippen molar-refractivity contribution in [2.24, 2.45) is 11.8 Å². The van der Waals surface area contributed by atoms with Crippen molar-refractivity contribution in [2.75, 3.05) is 39.6 Å². The van der Waals surface area contributed by atoms with Gasteiger partial charge in [-0.2, -0.15) is 0 Å². The van der Waals surface area contributed by atoms with Crippen molar-refractivity contribution in [1.29, 1.82) is 0 Å². The predicted molar refractivity (Wildman–Crippen MR) is 368 cm³/mol. The Hall–Kier alpha value is -1.94. The number of unbranched alkanes of at least 4 members (excludes halogenated alkanes) is 40. The number of phosphoric ester groups is 2. The highest BCUT2D eigenvalue weighted by molar-refractivity contribution is 7.47. The summed E-state index contributed by atoms with van der Waals surface area (Å²) in [5, 5.41) is 10.6. The van der Waals surface area contributed by atoms with Gasteiger partial charge in [0.15, 0.2) is 12.2 Å². The van der Waals surface area contributed by atoms with Gasteiger partial charge < -0.3 is 33.8 Å². The minimum atomic E-state index is -4.95. The predicted octanol–water partition coefficient (Wildman–Crippen LogP) is 20.8. The van der Waals surface area contributed by atoms with E-state index in [1.807, 2.05) is 0 Å². The van der Waals surface area contributed by atoms with Crippen LogP contribution in [0.4, 0.5) is 0 Å². The van der Waals surface area contributed by atoms with Gasteiger partial charge in [-0.15, -0.1) is 0 Å². The zero-order valence-corrected chi connectivity index (χ0v) is 60.9. The molecule has 0 spiro atoms. The summed E-state index contributed by atoms with van der Waals surface area (Å²) in [6.45, 7) is 9.49. The molecule has 540 valence electrons. The third-order valence-corrected chi connectivity index (χ3v) is 19.0. The third kappa shape index (κ3) is 65.1. The van der Waals surface area contributed by atoms with Gasteiger partial charge in [-0.3, -0.25) is 37.3 Å². The molecule has 0 aliphatic heterocycles. The van der Waals surface area contributed by atoms with Gasteiger partial charge in [-0.05, 0) is 37.5 Å². The summed E-state index contributed by atoms with van der Waals surface area (Å²) in [5.74, 6) is -0.666. The molecule has 3 N–H and O–H groups in total. The van der Waals surface area contributed by atoms with Crippen molar-refractivity contribution < 1.29 is 80.2 Å². The molecule has 0 saturated heterocycles. The van der Waals surface area contributed by atoms with Gasteiger partial charge in [-0.25, -0.2) is 9.13 Å². The van der Waals surface area contributed by atoms with Crippen LogP contribution >= 0.6 is 15.6 Å². The number of rotatable bonds is 71. The number of phosphoric acid groups is 2. The summed E-state index contributed by atoms with van der Waals surface area (Å²) in [7, 11) is -9.90. The summed E-state index contributed by atoms with van der Waals surface area (Å²) < 4.78 is 68.3. The van der Waals surface area contributed by atoms with Crippen LogP contribution < -0.4 is 0 Å². The maximum absolute atomic E-state index is 13.0. The van der Waals surface area contributed by atoms with E-state index in [1.54, 1.807) is 0 Å². The Morgan fingerprint density at radius 1 is 0.319 bits per heavy atom. The molecular weight excluding hydrogens is 1200 g/mol. The summed E-state index contributed by atoms with van der Waals surface area (Å²) in [6, 6.07) is 0. The Bertz CT molecular complexity index is 1770. The van der Waals surface area contributed by atoms with E-state index in [-0.39, 0.29) is 25.7 Å². The van der Waals surface area contributed by atoms with Crippen LogP contribution in [-0.2, 0) is 65.4 Å². The lowest BCUT2D eigenvalue weighted by atomic mass is 9.99.